The third-order valence-corrected chi connectivity index (χ3v) is 7.54. The van der Waals surface area contributed by atoms with Crippen molar-refractivity contribution in [2.75, 3.05) is 19.3 Å². The van der Waals surface area contributed by atoms with Crippen LogP contribution in [0.5, 0.6) is 0 Å². The number of carboxylic acid groups (broad SMARTS) is 1. The Kier molecular flexibility index (Phi) is 7.03. The van der Waals surface area contributed by atoms with Crippen LogP contribution in [0.15, 0.2) is 0 Å². The standard InChI is InChI=1S/C19H31N3O4S/c1-21-15-10-14(27-9-5-8-18(24)25)11-16(15)22(19(21)26)20-12-17(23)13-6-3-2-4-7-13/h13-16,20H,2-12H2,1H3,(H,24,25). The van der Waals surface area contributed by atoms with E-state index in [1.54, 1.807) is 9.91 Å². The number of rotatable bonds is 9. The summed E-state index contributed by atoms with van der Waals surface area (Å²) in [6.45, 7) is 0.240. The van der Waals surface area contributed by atoms with Crippen molar-refractivity contribution in [1.29, 1.82) is 0 Å². The molecule has 3 fully saturated rings. The highest BCUT2D eigenvalue weighted by Crippen LogP contribution is 2.39. The molecule has 7 nitrogen and oxygen atoms in total. The summed E-state index contributed by atoms with van der Waals surface area (Å²) in [5, 5.41) is 10.9. The smallest absolute Gasteiger partial charge is 0.334 e. The number of thioether (sulfide) groups is 1. The van der Waals surface area contributed by atoms with Crippen LogP contribution >= 0.6 is 11.8 Å². The largest absolute Gasteiger partial charge is 0.481 e. The molecule has 2 amide bonds. The van der Waals surface area contributed by atoms with Crippen LogP contribution < -0.4 is 5.43 Å². The van der Waals surface area contributed by atoms with Gasteiger partial charge in [0, 0.05) is 24.6 Å². The highest BCUT2D eigenvalue weighted by Gasteiger charge is 2.50. The zero-order valence-corrected chi connectivity index (χ0v) is 16.9. The minimum atomic E-state index is -0.748. The number of amides is 2. The topological polar surface area (TPSA) is 90.0 Å². The highest BCUT2D eigenvalue weighted by atomic mass is 32.2. The van der Waals surface area contributed by atoms with Gasteiger partial charge in [0.2, 0.25) is 0 Å². The molecule has 8 heteroatoms. The normalized spacial score (nSPS) is 28.6. The van der Waals surface area contributed by atoms with E-state index >= 15 is 0 Å². The molecule has 0 aromatic carbocycles. The quantitative estimate of drug-likeness (QED) is 0.581. The zero-order valence-electron chi connectivity index (χ0n) is 16.1. The van der Waals surface area contributed by atoms with E-state index < -0.39 is 5.97 Å². The van der Waals surface area contributed by atoms with Gasteiger partial charge in [-0.25, -0.2) is 10.2 Å². The number of nitrogens with zero attached hydrogens (tertiary/aromatic N) is 2. The van der Waals surface area contributed by atoms with Gasteiger partial charge in [0.15, 0.2) is 5.78 Å². The third-order valence-electron chi connectivity index (χ3n) is 6.16. The number of fused-ring (bicyclic) bond motifs is 1. The maximum absolute atomic E-state index is 12.6. The average molecular weight is 398 g/mol. The Hall–Kier alpha value is -1.28. The number of aliphatic carboxylic acids is 1. The van der Waals surface area contributed by atoms with E-state index in [0.29, 0.717) is 11.7 Å². The molecule has 2 aliphatic carbocycles. The number of hydrogen-bond acceptors (Lipinski definition) is 5. The molecular formula is C19H31N3O4S. The molecule has 3 unspecified atom stereocenters. The summed E-state index contributed by atoms with van der Waals surface area (Å²) in [6.07, 6.45) is 8.16. The number of urea groups is 1. The lowest BCUT2D eigenvalue weighted by Gasteiger charge is -2.26. The number of carbonyl (C=O) groups is 3. The summed E-state index contributed by atoms with van der Waals surface area (Å²) in [5.74, 6) is 0.466. The monoisotopic (exact) mass is 397 g/mol. The van der Waals surface area contributed by atoms with E-state index in [1.807, 2.05) is 18.8 Å². The second-order valence-corrected chi connectivity index (χ2v) is 9.40. The summed E-state index contributed by atoms with van der Waals surface area (Å²) >= 11 is 1.81. The van der Waals surface area contributed by atoms with Crippen LogP contribution in [0.1, 0.15) is 57.8 Å². The molecule has 2 saturated carbocycles. The third kappa shape index (κ3) is 4.96. The molecule has 2 N–H and O–H groups in total. The number of likely N-dealkylation sites (N-methyl/N-ethyl adjacent to an activating group) is 1. The molecule has 3 atom stereocenters. The van der Waals surface area contributed by atoms with Gasteiger partial charge in [0.25, 0.3) is 0 Å². The molecule has 0 spiro atoms. The summed E-state index contributed by atoms with van der Waals surface area (Å²) < 4.78 is 0. The number of carboxylic acids is 1. The fourth-order valence-electron chi connectivity index (χ4n) is 4.62. The summed E-state index contributed by atoms with van der Waals surface area (Å²) in [5.41, 5.74) is 3.14. The van der Waals surface area contributed by atoms with Gasteiger partial charge in [-0.1, -0.05) is 19.3 Å². The second kappa shape index (κ2) is 9.28. The number of nitrogens with one attached hydrogen (secondary N) is 1. The van der Waals surface area contributed by atoms with Crippen LogP contribution in [0.2, 0.25) is 0 Å². The zero-order chi connectivity index (χ0) is 19.4. The van der Waals surface area contributed by atoms with Crippen LogP contribution in [0.25, 0.3) is 0 Å². The van der Waals surface area contributed by atoms with Crippen molar-refractivity contribution >= 4 is 29.5 Å². The maximum Gasteiger partial charge on any atom is 0.334 e. The second-order valence-electron chi connectivity index (χ2n) is 8.00. The van der Waals surface area contributed by atoms with E-state index in [9.17, 15) is 14.4 Å². The lowest BCUT2D eigenvalue weighted by Crippen LogP contribution is -2.48. The van der Waals surface area contributed by atoms with Gasteiger partial charge >= 0.3 is 12.0 Å². The van der Waals surface area contributed by atoms with Crippen molar-refractivity contribution in [2.24, 2.45) is 5.92 Å². The number of hydrogen-bond donors (Lipinski definition) is 2. The Balaban J connectivity index is 1.48. The SMILES string of the molecule is CN1C(=O)N(NCC(=O)C2CCCCC2)C2CC(SCCCC(=O)O)CC21. The first-order valence-corrected chi connectivity index (χ1v) is 11.2. The molecule has 3 rings (SSSR count). The summed E-state index contributed by atoms with van der Waals surface area (Å²) in [6, 6.07) is 0.223. The Bertz CT molecular complexity index is 567. The molecule has 3 aliphatic rings. The molecule has 0 bridgehead atoms. The van der Waals surface area contributed by atoms with Crippen molar-refractivity contribution in [2.45, 2.75) is 75.1 Å². The van der Waals surface area contributed by atoms with E-state index in [0.717, 1.165) is 44.3 Å². The Morgan fingerprint density at radius 2 is 1.89 bits per heavy atom. The fraction of sp³-hybridized carbons (Fsp3) is 0.842. The molecule has 27 heavy (non-hydrogen) atoms. The Labute approximate surface area is 165 Å². The van der Waals surface area contributed by atoms with Crippen molar-refractivity contribution in [3.05, 3.63) is 0 Å². The first-order chi connectivity index (χ1) is 13.0. The van der Waals surface area contributed by atoms with Crippen LogP contribution in [0, 0.1) is 5.92 Å². The number of Topliss-reactive ketones (excluding diaryl/α,β-unsaturated/α-hetero) is 1. The van der Waals surface area contributed by atoms with Gasteiger partial charge in [-0.3, -0.25) is 14.6 Å². The first-order valence-electron chi connectivity index (χ1n) is 10.1. The minimum Gasteiger partial charge on any atom is -0.481 e. The van der Waals surface area contributed by atoms with Crippen molar-refractivity contribution in [3.63, 3.8) is 0 Å². The predicted octanol–water partition coefficient (Wildman–Crippen LogP) is 2.51. The van der Waals surface area contributed by atoms with Crippen molar-refractivity contribution < 1.29 is 19.5 Å². The lowest BCUT2D eigenvalue weighted by molar-refractivity contribution is -0.137. The maximum atomic E-state index is 12.6. The van der Waals surface area contributed by atoms with E-state index in [-0.39, 0.29) is 42.8 Å². The van der Waals surface area contributed by atoms with Crippen LogP contribution in [0.3, 0.4) is 0 Å². The minimum absolute atomic E-state index is 0.0456. The fourth-order valence-corrected chi connectivity index (χ4v) is 5.93. The molecule has 0 aromatic heterocycles. The van der Waals surface area contributed by atoms with Crippen LogP contribution in [0.4, 0.5) is 4.79 Å². The molecular weight excluding hydrogens is 366 g/mol. The van der Waals surface area contributed by atoms with Crippen LogP contribution in [-0.2, 0) is 9.59 Å². The average Bonchev–Trinajstić information content (AvgIpc) is 3.17. The number of hydrazine groups is 1. The van der Waals surface area contributed by atoms with Crippen LogP contribution in [-0.4, -0.2) is 69.5 Å². The Morgan fingerprint density at radius 1 is 1.19 bits per heavy atom. The molecule has 152 valence electrons. The molecule has 1 aliphatic heterocycles. The molecule has 1 heterocycles. The van der Waals surface area contributed by atoms with Gasteiger partial charge in [-0.2, -0.15) is 11.8 Å². The van der Waals surface area contributed by atoms with Gasteiger partial charge in [-0.05, 0) is 37.9 Å². The summed E-state index contributed by atoms with van der Waals surface area (Å²) in [7, 11) is 1.84. The number of ketones is 1. The Morgan fingerprint density at radius 3 is 2.59 bits per heavy atom. The molecule has 1 saturated heterocycles. The molecule has 0 aromatic rings. The molecule has 0 radical (unpaired) electrons. The van der Waals surface area contributed by atoms with Crippen molar-refractivity contribution in [1.82, 2.24) is 15.3 Å². The van der Waals surface area contributed by atoms with Gasteiger partial charge in [0.05, 0.1) is 18.6 Å². The van der Waals surface area contributed by atoms with E-state index in [1.165, 1.54) is 6.42 Å². The van der Waals surface area contributed by atoms with Crippen molar-refractivity contribution in [3.8, 4) is 0 Å². The predicted molar refractivity (Wildman–Crippen MR) is 105 cm³/mol. The number of carbonyl (C=O) groups excluding carboxylic acids is 2. The first kappa shape index (κ1) is 20.5. The highest BCUT2D eigenvalue weighted by molar-refractivity contribution is 7.99. The van der Waals surface area contributed by atoms with Gasteiger partial charge in [-0.15, -0.1) is 0 Å². The lowest BCUT2D eigenvalue weighted by atomic mass is 9.86. The summed E-state index contributed by atoms with van der Waals surface area (Å²) in [4.78, 5) is 37.4. The van der Waals surface area contributed by atoms with Gasteiger partial charge in [0.1, 0.15) is 0 Å². The van der Waals surface area contributed by atoms with E-state index in [2.05, 4.69) is 5.43 Å². The van der Waals surface area contributed by atoms with E-state index in [4.69, 9.17) is 5.11 Å². The van der Waals surface area contributed by atoms with Gasteiger partial charge < -0.3 is 10.0 Å².